The fourth-order valence-corrected chi connectivity index (χ4v) is 3.62. The van der Waals surface area contributed by atoms with Crippen LogP contribution in [0.5, 0.6) is 0 Å². The van der Waals surface area contributed by atoms with Crippen LogP contribution in [0.2, 0.25) is 0 Å². The molecule has 1 saturated carbocycles. The van der Waals surface area contributed by atoms with Crippen molar-refractivity contribution in [3.8, 4) is 0 Å². The highest BCUT2D eigenvalue weighted by Crippen LogP contribution is 2.41. The van der Waals surface area contributed by atoms with Gasteiger partial charge in [0.15, 0.2) is 0 Å². The summed E-state index contributed by atoms with van der Waals surface area (Å²) < 4.78 is 2.22. The molecule has 1 aliphatic carbocycles. The number of aromatic nitrogens is 2. The van der Waals surface area contributed by atoms with Gasteiger partial charge < -0.3 is 9.88 Å². The molecule has 0 radical (unpaired) electrons. The Hall–Kier alpha value is -0.870. The Kier molecular flexibility index (Phi) is 3.89. The molecule has 1 N–H and O–H groups in total. The number of nitrogens with one attached hydrogen (secondary N) is 1. The minimum atomic E-state index is 0.551. The molecule has 0 spiro atoms. The smallest absolute Gasteiger partial charge is 0.0946 e. The first-order valence-electron chi connectivity index (χ1n) is 7.68. The number of nitrogens with zero attached hydrogens (tertiary/aromatic N) is 3. The van der Waals surface area contributed by atoms with Crippen molar-refractivity contribution in [2.24, 2.45) is 13.0 Å². The number of rotatable bonds is 4. The van der Waals surface area contributed by atoms with Crippen LogP contribution in [-0.2, 0) is 7.05 Å². The van der Waals surface area contributed by atoms with Gasteiger partial charge in [-0.15, -0.1) is 0 Å². The maximum Gasteiger partial charge on any atom is 0.0946 e. The summed E-state index contributed by atoms with van der Waals surface area (Å²) in [6.45, 7) is 2.37. The Balaban J connectivity index is 1.91. The molecule has 19 heavy (non-hydrogen) atoms. The van der Waals surface area contributed by atoms with E-state index in [-0.39, 0.29) is 0 Å². The van der Waals surface area contributed by atoms with Crippen molar-refractivity contribution < 1.29 is 0 Å². The molecule has 2 heterocycles. The van der Waals surface area contributed by atoms with Crippen molar-refractivity contribution in [3.63, 3.8) is 0 Å². The number of aryl methyl sites for hydroxylation is 1. The lowest BCUT2D eigenvalue weighted by Crippen LogP contribution is -2.38. The van der Waals surface area contributed by atoms with E-state index in [0.29, 0.717) is 12.0 Å². The quantitative estimate of drug-likeness (QED) is 0.900. The van der Waals surface area contributed by atoms with E-state index in [1.807, 2.05) is 6.33 Å². The molecule has 4 nitrogen and oxygen atoms in total. The Bertz CT molecular complexity index is 410. The number of imidazole rings is 1. The van der Waals surface area contributed by atoms with Gasteiger partial charge in [0.2, 0.25) is 0 Å². The molecule has 0 bridgehead atoms. The first-order chi connectivity index (χ1) is 9.31. The second-order valence-corrected chi connectivity index (χ2v) is 6.16. The lowest BCUT2D eigenvalue weighted by atomic mass is 9.92. The summed E-state index contributed by atoms with van der Waals surface area (Å²) in [5.74, 6) is 0.712. The number of hydrogen-bond donors (Lipinski definition) is 1. The van der Waals surface area contributed by atoms with Crippen LogP contribution < -0.4 is 5.32 Å². The van der Waals surface area contributed by atoms with Crippen LogP contribution in [0, 0.1) is 5.92 Å². The van der Waals surface area contributed by atoms with E-state index >= 15 is 0 Å². The third kappa shape index (κ3) is 2.70. The summed E-state index contributed by atoms with van der Waals surface area (Å²) in [6.07, 6.45) is 10.9. The second-order valence-electron chi connectivity index (χ2n) is 6.16. The van der Waals surface area contributed by atoms with Crippen molar-refractivity contribution in [2.45, 2.75) is 44.2 Å². The van der Waals surface area contributed by atoms with E-state index in [0.717, 1.165) is 12.6 Å². The van der Waals surface area contributed by atoms with E-state index < -0.39 is 0 Å². The lowest BCUT2D eigenvalue weighted by Gasteiger charge is -2.35. The highest BCUT2D eigenvalue weighted by molar-refractivity contribution is 5.10. The number of hydrogen-bond acceptors (Lipinski definition) is 3. The molecule has 106 valence electrons. The normalized spacial score (nSPS) is 29.4. The molecule has 1 aliphatic heterocycles. The van der Waals surface area contributed by atoms with Gasteiger partial charge in [0, 0.05) is 19.3 Å². The molecule has 1 aromatic heterocycles. The van der Waals surface area contributed by atoms with Crippen LogP contribution >= 0.6 is 0 Å². The van der Waals surface area contributed by atoms with E-state index in [1.54, 1.807) is 0 Å². The molecule has 1 aromatic rings. The van der Waals surface area contributed by atoms with E-state index in [4.69, 9.17) is 0 Å². The first-order valence-corrected chi connectivity index (χ1v) is 7.68. The predicted octanol–water partition coefficient (Wildman–Crippen LogP) is 1.95. The largest absolute Gasteiger partial charge is 0.336 e. The number of likely N-dealkylation sites (tertiary alicyclic amines) is 1. The van der Waals surface area contributed by atoms with Crippen LogP contribution in [0.1, 0.15) is 43.8 Å². The minimum Gasteiger partial charge on any atom is -0.336 e. The molecule has 0 amide bonds. The Morgan fingerprint density at radius 2 is 2.16 bits per heavy atom. The zero-order valence-corrected chi connectivity index (χ0v) is 12.2. The average molecular weight is 262 g/mol. The average Bonchev–Trinajstić information content (AvgIpc) is 3.17. The van der Waals surface area contributed by atoms with Gasteiger partial charge in [0.1, 0.15) is 0 Å². The van der Waals surface area contributed by atoms with Crippen LogP contribution in [0.15, 0.2) is 12.5 Å². The van der Waals surface area contributed by atoms with Crippen molar-refractivity contribution in [1.29, 1.82) is 0 Å². The summed E-state index contributed by atoms with van der Waals surface area (Å²) in [7, 11) is 4.21. The van der Waals surface area contributed by atoms with Crippen molar-refractivity contribution >= 4 is 0 Å². The third-order valence-electron chi connectivity index (χ3n) is 4.68. The first kappa shape index (κ1) is 13.1. The molecular formula is C15H26N4. The van der Waals surface area contributed by atoms with E-state index in [1.165, 1.54) is 44.3 Å². The van der Waals surface area contributed by atoms with Gasteiger partial charge in [-0.3, -0.25) is 4.90 Å². The fraction of sp³-hybridized carbons (Fsp3) is 0.800. The Labute approximate surface area is 116 Å². The SMILES string of the molecule is CNCC1CCCCN(C2CC2)C1c1cncn1C. The standard InChI is InChI=1S/C15H26N4/c1-16-9-12-5-3-4-8-19(13-6-7-13)15(12)14-10-17-11-18(14)2/h10-13,15-16H,3-9H2,1-2H3. The van der Waals surface area contributed by atoms with Gasteiger partial charge >= 0.3 is 0 Å². The van der Waals surface area contributed by atoms with Gasteiger partial charge in [-0.2, -0.15) is 0 Å². The Morgan fingerprint density at radius 3 is 2.79 bits per heavy atom. The molecule has 2 fully saturated rings. The molecule has 2 atom stereocenters. The van der Waals surface area contributed by atoms with Crippen LogP contribution in [0.3, 0.4) is 0 Å². The summed E-state index contributed by atoms with van der Waals surface area (Å²) in [5.41, 5.74) is 1.40. The summed E-state index contributed by atoms with van der Waals surface area (Å²) >= 11 is 0. The summed E-state index contributed by atoms with van der Waals surface area (Å²) in [6, 6.07) is 1.38. The van der Waals surface area contributed by atoms with E-state index in [2.05, 4.69) is 40.1 Å². The van der Waals surface area contributed by atoms with Crippen molar-refractivity contribution in [3.05, 3.63) is 18.2 Å². The molecule has 4 heteroatoms. The summed E-state index contributed by atoms with van der Waals surface area (Å²) in [4.78, 5) is 7.12. The van der Waals surface area contributed by atoms with Gasteiger partial charge in [-0.05, 0) is 51.7 Å². The van der Waals surface area contributed by atoms with Crippen LogP contribution in [0.4, 0.5) is 0 Å². The van der Waals surface area contributed by atoms with Crippen molar-refractivity contribution in [2.75, 3.05) is 20.1 Å². The summed E-state index contributed by atoms with van der Waals surface area (Å²) in [5, 5.41) is 3.40. The molecule has 2 unspecified atom stereocenters. The Morgan fingerprint density at radius 1 is 1.32 bits per heavy atom. The van der Waals surface area contributed by atoms with Gasteiger partial charge in [-0.25, -0.2) is 4.98 Å². The molecule has 0 aromatic carbocycles. The zero-order valence-electron chi connectivity index (χ0n) is 12.2. The zero-order chi connectivity index (χ0) is 13.2. The maximum atomic E-state index is 4.35. The van der Waals surface area contributed by atoms with Crippen LogP contribution in [-0.4, -0.2) is 40.6 Å². The van der Waals surface area contributed by atoms with Gasteiger partial charge in [0.05, 0.1) is 18.1 Å². The van der Waals surface area contributed by atoms with E-state index in [9.17, 15) is 0 Å². The lowest BCUT2D eigenvalue weighted by molar-refractivity contribution is 0.139. The molecular weight excluding hydrogens is 236 g/mol. The molecule has 2 aliphatic rings. The topological polar surface area (TPSA) is 33.1 Å². The predicted molar refractivity (Wildman–Crippen MR) is 76.9 cm³/mol. The third-order valence-corrected chi connectivity index (χ3v) is 4.68. The second kappa shape index (κ2) is 5.63. The molecule has 1 saturated heterocycles. The highest BCUT2D eigenvalue weighted by atomic mass is 15.2. The minimum absolute atomic E-state index is 0.551. The fourth-order valence-electron chi connectivity index (χ4n) is 3.62. The monoisotopic (exact) mass is 262 g/mol. The maximum absolute atomic E-state index is 4.35. The highest BCUT2D eigenvalue weighted by Gasteiger charge is 2.40. The van der Waals surface area contributed by atoms with Crippen molar-refractivity contribution in [1.82, 2.24) is 19.8 Å². The van der Waals surface area contributed by atoms with Gasteiger partial charge in [-0.1, -0.05) is 6.42 Å². The van der Waals surface area contributed by atoms with Gasteiger partial charge in [0.25, 0.3) is 0 Å². The van der Waals surface area contributed by atoms with Crippen LogP contribution in [0.25, 0.3) is 0 Å². The molecule has 3 rings (SSSR count).